The number of unbranched alkanes of at least 4 members (excludes halogenated alkanes) is 2. The van der Waals surface area contributed by atoms with E-state index in [4.69, 9.17) is 4.52 Å². The summed E-state index contributed by atoms with van der Waals surface area (Å²) in [5.74, 6) is 0.435. The molecule has 0 aliphatic heterocycles. The van der Waals surface area contributed by atoms with Crippen LogP contribution in [-0.2, 0) is 0 Å². The van der Waals surface area contributed by atoms with E-state index in [-0.39, 0.29) is 11.9 Å². The highest BCUT2D eigenvalue weighted by Crippen LogP contribution is 2.19. The average Bonchev–Trinajstić information content (AvgIpc) is 2.98. The highest BCUT2D eigenvalue weighted by atomic mass is 16.5. The Labute approximate surface area is 125 Å². The van der Waals surface area contributed by atoms with Gasteiger partial charge in [-0.05, 0) is 13.3 Å². The van der Waals surface area contributed by atoms with Gasteiger partial charge in [0.25, 0.3) is 5.91 Å². The maximum absolute atomic E-state index is 12.1. The van der Waals surface area contributed by atoms with Crippen molar-refractivity contribution in [3.8, 4) is 11.3 Å². The largest absolute Gasteiger partial charge is 0.355 e. The van der Waals surface area contributed by atoms with E-state index in [1.807, 2.05) is 37.3 Å². The Balaban J connectivity index is 1.93. The molecular formula is C17H22N2O2. The van der Waals surface area contributed by atoms with Gasteiger partial charge >= 0.3 is 0 Å². The van der Waals surface area contributed by atoms with E-state index >= 15 is 0 Å². The topological polar surface area (TPSA) is 55.1 Å². The Bertz CT molecular complexity index is 563. The molecule has 1 unspecified atom stereocenters. The molecule has 0 aliphatic carbocycles. The molecule has 0 aliphatic rings. The highest BCUT2D eigenvalue weighted by Gasteiger charge is 2.15. The Morgan fingerprint density at radius 1 is 1.29 bits per heavy atom. The molecule has 0 saturated carbocycles. The van der Waals surface area contributed by atoms with Crippen LogP contribution >= 0.6 is 0 Å². The van der Waals surface area contributed by atoms with Crippen LogP contribution in [0.5, 0.6) is 0 Å². The molecule has 2 aromatic rings. The van der Waals surface area contributed by atoms with Crippen LogP contribution in [0.3, 0.4) is 0 Å². The minimum atomic E-state index is -0.176. The molecule has 21 heavy (non-hydrogen) atoms. The molecule has 1 atom stereocenters. The van der Waals surface area contributed by atoms with Gasteiger partial charge in [0.1, 0.15) is 0 Å². The fraction of sp³-hybridized carbons (Fsp3) is 0.412. The molecule has 4 nitrogen and oxygen atoms in total. The van der Waals surface area contributed by atoms with Crippen molar-refractivity contribution in [1.82, 2.24) is 10.5 Å². The summed E-state index contributed by atoms with van der Waals surface area (Å²) in [4.78, 5) is 12.1. The van der Waals surface area contributed by atoms with Crippen molar-refractivity contribution in [2.75, 3.05) is 0 Å². The van der Waals surface area contributed by atoms with Crippen molar-refractivity contribution in [2.24, 2.45) is 0 Å². The summed E-state index contributed by atoms with van der Waals surface area (Å²) in [6.45, 7) is 4.19. The molecule has 0 radical (unpaired) electrons. The van der Waals surface area contributed by atoms with Gasteiger partial charge in [0, 0.05) is 17.7 Å². The number of carbonyl (C=O) groups is 1. The number of hydrogen-bond donors (Lipinski definition) is 1. The first-order valence-corrected chi connectivity index (χ1v) is 7.53. The van der Waals surface area contributed by atoms with E-state index < -0.39 is 0 Å². The van der Waals surface area contributed by atoms with Gasteiger partial charge in [-0.2, -0.15) is 0 Å². The molecule has 1 amide bonds. The Morgan fingerprint density at radius 3 is 2.76 bits per heavy atom. The molecule has 0 spiro atoms. The van der Waals surface area contributed by atoms with Crippen molar-refractivity contribution in [1.29, 1.82) is 0 Å². The van der Waals surface area contributed by atoms with Gasteiger partial charge in [0.15, 0.2) is 11.5 Å². The monoisotopic (exact) mass is 286 g/mol. The first kappa shape index (κ1) is 15.3. The van der Waals surface area contributed by atoms with Crippen molar-refractivity contribution in [2.45, 2.75) is 45.6 Å². The average molecular weight is 286 g/mol. The molecule has 1 aromatic carbocycles. The quantitative estimate of drug-likeness (QED) is 0.781. The summed E-state index contributed by atoms with van der Waals surface area (Å²) in [7, 11) is 0. The van der Waals surface area contributed by atoms with Gasteiger partial charge in [-0.1, -0.05) is 61.7 Å². The van der Waals surface area contributed by atoms with E-state index in [9.17, 15) is 4.79 Å². The molecule has 1 aromatic heterocycles. The summed E-state index contributed by atoms with van der Waals surface area (Å²) in [6.07, 6.45) is 4.50. The second kappa shape index (κ2) is 7.62. The van der Waals surface area contributed by atoms with Crippen LogP contribution < -0.4 is 5.32 Å². The van der Waals surface area contributed by atoms with Crippen molar-refractivity contribution >= 4 is 5.91 Å². The number of nitrogens with zero attached hydrogens (tertiary/aromatic N) is 1. The van der Waals surface area contributed by atoms with Crippen LogP contribution in [0.15, 0.2) is 40.9 Å². The second-order valence-electron chi connectivity index (χ2n) is 5.31. The van der Waals surface area contributed by atoms with E-state index in [0.717, 1.165) is 18.4 Å². The number of amides is 1. The third-order valence-electron chi connectivity index (χ3n) is 3.42. The lowest BCUT2D eigenvalue weighted by Gasteiger charge is -2.11. The molecule has 0 bridgehead atoms. The Hall–Kier alpha value is -2.10. The van der Waals surface area contributed by atoms with Crippen molar-refractivity contribution in [3.63, 3.8) is 0 Å². The number of rotatable bonds is 7. The third-order valence-corrected chi connectivity index (χ3v) is 3.42. The van der Waals surface area contributed by atoms with E-state index in [1.165, 1.54) is 12.8 Å². The van der Waals surface area contributed by atoms with Gasteiger partial charge in [-0.15, -0.1) is 0 Å². The van der Waals surface area contributed by atoms with Crippen LogP contribution in [0.2, 0.25) is 0 Å². The maximum Gasteiger partial charge on any atom is 0.273 e. The van der Waals surface area contributed by atoms with E-state index in [0.29, 0.717) is 11.5 Å². The number of nitrogens with one attached hydrogen (secondary N) is 1. The lowest BCUT2D eigenvalue weighted by Crippen LogP contribution is -2.32. The van der Waals surface area contributed by atoms with Crippen molar-refractivity contribution < 1.29 is 9.32 Å². The van der Waals surface area contributed by atoms with Gasteiger partial charge in [0.2, 0.25) is 0 Å². The molecule has 112 valence electrons. The summed E-state index contributed by atoms with van der Waals surface area (Å²) < 4.78 is 5.24. The first-order chi connectivity index (χ1) is 10.2. The van der Waals surface area contributed by atoms with Crippen LogP contribution in [0.4, 0.5) is 0 Å². The summed E-state index contributed by atoms with van der Waals surface area (Å²) >= 11 is 0. The van der Waals surface area contributed by atoms with E-state index in [1.54, 1.807) is 6.07 Å². The van der Waals surface area contributed by atoms with Gasteiger partial charge in [-0.3, -0.25) is 4.79 Å². The molecule has 0 fully saturated rings. The SMILES string of the molecule is CCCCCC(C)NC(=O)c1cc(-c2ccccc2)on1. The van der Waals surface area contributed by atoms with Crippen LogP contribution in [0.25, 0.3) is 11.3 Å². The third kappa shape index (κ3) is 4.45. The lowest BCUT2D eigenvalue weighted by molar-refractivity contribution is 0.0929. The van der Waals surface area contributed by atoms with E-state index in [2.05, 4.69) is 17.4 Å². The van der Waals surface area contributed by atoms with Gasteiger partial charge in [0.05, 0.1) is 0 Å². The molecule has 1 heterocycles. The summed E-state index contributed by atoms with van der Waals surface area (Å²) in [5.41, 5.74) is 1.25. The first-order valence-electron chi connectivity index (χ1n) is 7.53. The molecule has 4 heteroatoms. The minimum absolute atomic E-state index is 0.154. The summed E-state index contributed by atoms with van der Waals surface area (Å²) in [5, 5.41) is 6.81. The fourth-order valence-corrected chi connectivity index (χ4v) is 2.19. The normalized spacial score (nSPS) is 12.1. The molecule has 2 rings (SSSR count). The molecule has 1 N–H and O–H groups in total. The number of benzene rings is 1. The second-order valence-corrected chi connectivity index (χ2v) is 5.31. The molecular weight excluding hydrogens is 264 g/mol. The van der Waals surface area contributed by atoms with Crippen LogP contribution in [0.1, 0.15) is 50.0 Å². The van der Waals surface area contributed by atoms with Crippen LogP contribution in [0, 0.1) is 0 Å². The zero-order valence-corrected chi connectivity index (χ0v) is 12.6. The maximum atomic E-state index is 12.1. The minimum Gasteiger partial charge on any atom is -0.355 e. The Kier molecular flexibility index (Phi) is 5.55. The fourth-order valence-electron chi connectivity index (χ4n) is 2.19. The summed E-state index contributed by atoms with van der Waals surface area (Å²) in [6, 6.07) is 11.5. The van der Waals surface area contributed by atoms with Gasteiger partial charge < -0.3 is 9.84 Å². The standard InChI is InChI=1S/C17H22N2O2/c1-3-4-6-9-13(2)18-17(20)15-12-16(21-19-15)14-10-7-5-8-11-14/h5,7-8,10-13H,3-4,6,9H2,1-2H3,(H,18,20). The zero-order valence-electron chi connectivity index (χ0n) is 12.6. The van der Waals surface area contributed by atoms with Crippen LogP contribution in [-0.4, -0.2) is 17.1 Å². The lowest BCUT2D eigenvalue weighted by atomic mass is 10.1. The smallest absolute Gasteiger partial charge is 0.273 e. The van der Waals surface area contributed by atoms with Gasteiger partial charge in [-0.25, -0.2) is 0 Å². The Morgan fingerprint density at radius 2 is 2.05 bits per heavy atom. The number of aromatic nitrogens is 1. The molecule has 0 saturated heterocycles. The zero-order chi connectivity index (χ0) is 15.1. The number of hydrogen-bond acceptors (Lipinski definition) is 3. The number of carbonyl (C=O) groups excluding carboxylic acids is 1. The predicted molar refractivity (Wildman–Crippen MR) is 83.0 cm³/mol. The highest BCUT2D eigenvalue weighted by molar-refractivity contribution is 5.93. The predicted octanol–water partition coefficient (Wildman–Crippen LogP) is 4.04. The van der Waals surface area contributed by atoms with Crippen molar-refractivity contribution in [3.05, 3.63) is 42.1 Å².